The number of nitriles is 1. The van der Waals surface area contributed by atoms with Gasteiger partial charge in [0.05, 0.1) is 11.3 Å². The average molecular weight is 184 g/mol. The molecule has 2 heteroatoms. The molecule has 0 amide bonds. The average Bonchev–Trinajstić information content (AvgIpc) is 2.63. The molecule has 1 heterocycles. The molecule has 0 radical (unpaired) electrons. The molecule has 0 spiro atoms. The zero-order valence-corrected chi connectivity index (χ0v) is 8.30. The smallest absolute Gasteiger partial charge is 0.102 e. The first-order valence-electron chi connectivity index (χ1n) is 4.80. The third kappa shape index (κ3) is 1.22. The SMILES string of the molecule is C=C(C)c1ncc2c(c1C#N)CCC2. The summed E-state index contributed by atoms with van der Waals surface area (Å²) in [5.41, 5.74) is 4.82. The van der Waals surface area contributed by atoms with Crippen molar-refractivity contribution in [3.8, 4) is 6.07 Å². The summed E-state index contributed by atoms with van der Waals surface area (Å²) in [5, 5.41) is 9.10. The number of rotatable bonds is 1. The second kappa shape index (κ2) is 3.26. The van der Waals surface area contributed by atoms with Gasteiger partial charge >= 0.3 is 0 Å². The lowest BCUT2D eigenvalue weighted by atomic mass is 10.0. The molecule has 0 atom stereocenters. The third-order valence-electron chi connectivity index (χ3n) is 2.66. The Labute approximate surface area is 83.9 Å². The lowest BCUT2D eigenvalue weighted by molar-refractivity contribution is 0.910. The molecule has 0 N–H and O–H groups in total. The molecule has 1 aromatic heterocycles. The molecular formula is C12H12N2. The van der Waals surface area contributed by atoms with Crippen LogP contribution in [-0.2, 0) is 12.8 Å². The molecule has 1 aromatic rings. The molecule has 1 aliphatic rings. The predicted octanol–water partition coefficient (Wildman–Crippen LogP) is 2.48. The Balaban J connectivity index is 2.67. The van der Waals surface area contributed by atoms with Crippen molar-refractivity contribution in [2.45, 2.75) is 26.2 Å². The van der Waals surface area contributed by atoms with E-state index < -0.39 is 0 Å². The van der Waals surface area contributed by atoms with Gasteiger partial charge in [0.15, 0.2) is 0 Å². The Morgan fingerprint density at radius 1 is 1.57 bits per heavy atom. The molecule has 0 saturated heterocycles. The van der Waals surface area contributed by atoms with E-state index in [1.165, 1.54) is 11.1 Å². The molecule has 0 fully saturated rings. The number of pyridine rings is 1. The second-order valence-corrected chi connectivity index (χ2v) is 3.73. The minimum atomic E-state index is 0.743. The van der Waals surface area contributed by atoms with Gasteiger partial charge in [0, 0.05) is 6.20 Å². The molecule has 2 rings (SSSR count). The fraction of sp³-hybridized carbons (Fsp3) is 0.333. The van der Waals surface area contributed by atoms with Crippen molar-refractivity contribution in [2.75, 3.05) is 0 Å². The van der Waals surface area contributed by atoms with Gasteiger partial charge in [-0.3, -0.25) is 4.98 Å². The van der Waals surface area contributed by atoms with Crippen LogP contribution >= 0.6 is 0 Å². The van der Waals surface area contributed by atoms with Crippen molar-refractivity contribution in [3.05, 3.63) is 35.2 Å². The summed E-state index contributed by atoms with van der Waals surface area (Å²) in [4.78, 5) is 4.30. The fourth-order valence-electron chi connectivity index (χ4n) is 1.99. The van der Waals surface area contributed by atoms with E-state index in [1.54, 1.807) is 0 Å². The Morgan fingerprint density at radius 3 is 3.00 bits per heavy atom. The summed E-state index contributed by atoms with van der Waals surface area (Å²) in [6, 6.07) is 2.25. The van der Waals surface area contributed by atoms with Gasteiger partial charge in [-0.15, -0.1) is 0 Å². The molecule has 70 valence electrons. The van der Waals surface area contributed by atoms with Crippen LogP contribution in [0.3, 0.4) is 0 Å². The first kappa shape index (κ1) is 8.96. The maximum absolute atomic E-state index is 9.10. The highest BCUT2D eigenvalue weighted by Gasteiger charge is 2.18. The molecule has 2 nitrogen and oxygen atoms in total. The number of hydrogen-bond acceptors (Lipinski definition) is 2. The minimum absolute atomic E-state index is 0.743. The van der Waals surface area contributed by atoms with Crippen molar-refractivity contribution in [1.82, 2.24) is 4.98 Å². The molecule has 0 unspecified atom stereocenters. The van der Waals surface area contributed by atoms with Crippen LogP contribution in [0.2, 0.25) is 0 Å². The lowest BCUT2D eigenvalue weighted by Gasteiger charge is -2.06. The third-order valence-corrected chi connectivity index (χ3v) is 2.66. The Hall–Kier alpha value is -1.62. The van der Waals surface area contributed by atoms with Gasteiger partial charge in [0.1, 0.15) is 6.07 Å². The summed E-state index contributed by atoms with van der Waals surface area (Å²) in [5.74, 6) is 0. The summed E-state index contributed by atoms with van der Waals surface area (Å²) < 4.78 is 0. The molecule has 0 saturated carbocycles. The Bertz CT molecular complexity index is 438. The second-order valence-electron chi connectivity index (χ2n) is 3.73. The van der Waals surface area contributed by atoms with Crippen LogP contribution in [0, 0.1) is 11.3 Å². The number of fused-ring (bicyclic) bond motifs is 1. The molecule has 1 aliphatic carbocycles. The number of aromatic nitrogens is 1. The first-order chi connectivity index (χ1) is 6.74. The van der Waals surface area contributed by atoms with Gasteiger partial charge < -0.3 is 0 Å². The van der Waals surface area contributed by atoms with Crippen LogP contribution in [0.1, 0.15) is 35.7 Å². The van der Waals surface area contributed by atoms with E-state index in [0.29, 0.717) is 0 Å². The van der Waals surface area contributed by atoms with E-state index in [-0.39, 0.29) is 0 Å². The summed E-state index contributed by atoms with van der Waals surface area (Å²) >= 11 is 0. The molecule has 14 heavy (non-hydrogen) atoms. The largest absolute Gasteiger partial charge is 0.255 e. The molecule has 0 aliphatic heterocycles. The topological polar surface area (TPSA) is 36.7 Å². The number of hydrogen-bond donors (Lipinski definition) is 0. The highest BCUT2D eigenvalue weighted by molar-refractivity contribution is 5.66. The number of nitrogens with zero attached hydrogens (tertiary/aromatic N) is 2. The summed E-state index contributed by atoms with van der Waals surface area (Å²) in [6.45, 7) is 5.74. The fourth-order valence-corrected chi connectivity index (χ4v) is 1.99. The first-order valence-corrected chi connectivity index (χ1v) is 4.80. The van der Waals surface area contributed by atoms with Gasteiger partial charge in [-0.05, 0) is 42.9 Å². The van der Waals surface area contributed by atoms with Gasteiger partial charge in [-0.25, -0.2) is 0 Å². The molecular weight excluding hydrogens is 172 g/mol. The maximum atomic E-state index is 9.10. The van der Waals surface area contributed by atoms with Crippen LogP contribution in [0.25, 0.3) is 5.57 Å². The monoisotopic (exact) mass is 184 g/mol. The highest BCUT2D eigenvalue weighted by Crippen LogP contribution is 2.28. The van der Waals surface area contributed by atoms with E-state index in [0.717, 1.165) is 36.1 Å². The van der Waals surface area contributed by atoms with E-state index >= 15 is 0 Å². The lowest BCUT2D eigenvalue weighted by Crippen LogP contribution is -1.98. The number of aryl methyl sites for hydroxylation is 1. The summed E-state index contributed by atoms with van der Waals surface area (Å²) in [7, 11) is 0. The van der Waals surface area contributed by atoms with Gasteiger partial charge in [-0.1, -0.05) is 6.58 Å². The standard InChI is InChI=1S/C12H12N2/c1-8(2)12-11(6-13)10-5-3-4-9(10)7-14-12/h7H,1,3-5H2,2H3. The van der Waals surface area contributed by atoms with Crippen molar-refractivity contribution >= 4 is 5.57 Å². The van der Waals surface area contributed by atoms with Crippen LogP contribution in [0.5, 0.6) is 0 Å². The molecule has 0 aromatic carbocycles. The van der Waals surface area contributed by atoms with Crippen LogP contribution in [0.4, 0.5) is 0 Å². The Morgan fingerprint density at radius 2 is 2.36 bits per heavy atom. The van der Waals surface area contributed by atoms with E-state index in [4.69, 9.17) is 5.26 Å². The zero-order chi connectivity index (χ0) is 10.1. The van der Waals surface area contributed by atoms with Crippen molar-refractivity contribution in [1.29, 1.82) is 5.26 Å². The van der Waals surface area contributed by atoms with Crippen molar-refractivity contribution in [2.24, 2.45) is 0 Å². The quantitative estimate of drug-likeness (QED) is 0.672. The van der Waals surface area contributed by atoms with Gasteiger partial charge in [0.2, 0.25) is 0 Å². The highest BCUT2D eigenvalue weighted by atomic mass is 14.7. The normalized spacial score (nSPS) is 13.4. The summed E-state index contributed by atoms with van der Waals surface area (Å²) in [6.07, 6.45) is 5.12. The minimum Gasteiger partial charge on any atom is -0.255 e. The van der Waals surface area contributed by atoms with E-state index in [2.05, 4.69) is 17.6 Å². The van der Waals surface area contributed by atoms with E-state index in [9.17, 15) is 0 Å². The van der Waals surface area contributed by atoms with Crippen molar-refractivity contribution in [3.63, 3.8) is 0 Å². The van der Waals surface area contributed by atoms with Crippen LogP contribution in [-0.4, -0.2) is 4.98 Å². The number of allylic oxidation sites excluding steroid dienone is 1. The molecule has 0 bridgehead atoms. The van der Waals surface area contributed by atoms with E-state index in [1.807, 2.05) is 13.1 Å². The maximum Gasteiger partial charge on any atom is 0.102 e. The van der Waals surface area contributed by atoms with Gasteiger partial charge in [-0.2, -0.15) is 5.26 Å². The van der Waals surface area contributed by atoms with Gasteiger partial charge in [0.25, 0.3) is 0 Å². The predicted molar refractivity (Wildman–Crippen MR) is 55.7 cm³/mol. The zero-order valence-electron chi connectivity index (χ0n) is 8.30. The van der Waals surface area contributed by atoms with Crippen molar-refractivity contribution < 1.29 is 0 Å². The Kier molecular flexibility index (Phi) is 2.09. The van der Waals surface area contributed by atoms with Crippen LogP contribution in [0.15, 0.2) is 12.8 Å². The van der Waals surface area contributed by atoms with Crippen LogP contribution < -0.4 is 0 Å².